The molecule has 116 valence electrons. The molecule has 21 heavy (non-hydrogen) atoms. The molecular formula is C16H22ClNO3. The zero-order valence-electron chi connectivity index (χ0n) is 12.3. The van der Waals surface area contributed by atoms with Gasteiger partial charge in [0.15, 0.2) is 0 Å². The molecule has 0 amide bonds. The average Bonchev–Trinajstić information content (AvgIpc) is 2.49. The molecule has 1 atom stereocenters. The number of benzene rings is 1. The zero-order valence-corrected chi connectivity index (χ0v) is 13.0. The number of carbonyl (C=O) groups excluding carboxylic acids is 1. The quantitative estimate of drug-likeness (QED) is 0.816. The predicted molar refractivity (Wildman–Crippen MR) is 82.5 cm³/mol. The van der Waals surface area contributed by atoms with Gasteiger partial charge in [0, 0.05) is 6.04 Å². The first-order valence-electron chi connectivity index (χ1n) is 7.53. The van der Waals surface area contributed by atoms with Gasteiger partial charge in [0.05, 0.1) is 11.6 Å². The average molecular weight is 312 g/mol. The van der Waals surface area contributed by atoms with Crippen LogP contribution in [-0.2, 0) is 9.53 Å². The molecule has 1 aromatic rings. The van der Waals surface area contributed by atoms with Crippen molar-refractivity contribution in [2.24, 2.45) is 0 Å². The van der Waals surface area contributed by atoms with Crippen LogP contribution in [0.2, 0.25) is 5.02 Å². The molecule has 1 aromatic carbocycles. The van der Waals surface area contributed by atoms with E-state index in [-0.39, 0.29) is 16.7 Å². The molecule has 1 fully saturated rings. The first kappa shape index (κ1) is 16.1. The second-order valence-corrected chi connectivity index (χ2v) is 5.80. The second-order valence-electron chi connectivity index (χ2n) is 5.40. The number of rotatable bonds is 5. The minimum Gasteiger partial charge on any atom is -0.506 e. The van der Waals surface area contributed by atoms with Crippen molar-refractivity contribution in [1.29, 1.82) is 0 Å². The SMILES string of the molecule is CCOC(=O)C(NC1CCCCC1)c1ccc(O)c(Cl)c1. The molecule has 1 aliphatic carbocycles. The van der Waals surface area contributed by atoms with Crippen LogP contribution in [0.3, 0.4) is 0 Å². The fourth-order valence-electron chi connectivity index (χ4n) is 2.73. The molecule has 2 rings (SSSR count). The van der Waals surface area contributed by atoms with Gasteiger partial charge in [-0.15, -0.1) is 0 Å². The minimum absolute atomic E-state index is 0.0145. The van der Waals surface area contributed by atoms with Gasteiger partial charge < -0.3 is 9.84 Å². The number of hydrogen-bond donors (Lipinski definition) is 2. The van der Waals surface area contributed by atoms with E-state index in [1.165, 1.54) is 25.3 Å². The van der Waals surface area contributed by atoms with Gasteiger partial charge in [-0.25, -0.2) is 4.79 Å². The number of nitrogens with one attached hydrogen (secondary N) is 1. The van der Waals surface area contributed by atoms with Crippen LogP contribution < -0.4 is 5.32 Å². The van der Waals surface area contributed by atoms with Gasteiger partial charge in [0.1, 0.15) is 11.8 Å². The van der Waals surface area contributed by atoms with E-state index in [0.29, 0.717) is 12.6 Å². The van der Waals surface area contributed by atoms with Crippen LogP contribution in [-0.4, -0.2) is 23.7 Å². The first-order valence-corrected chi connectivity index (χ1v) is 7.90. The van der Waals surface area contributed by atoms with Crippen molar-refractivity contribution in [3.8, 4) is 5.75 Å². The van der Waals surface area contributed by atoms with E-state index >= 15 is 0 Å². The van der Waals surface area contributed by atoms with Gasteiger partial charge in [0.25, 0.3) is 0 Å². The van der Waals surface area contributed by atoms with Crippen molar-refractivity contribution >= 4 is 17.6 Å². The van der Waals surface area contributed by atoms with Crippen molar-refractivity contribution in [3.63, 3.8) is 0 Å². The van der Waals surface area contributed by atoms with Crippen molar-refractivity contribution in [2.75, 3.05) is 6.61 Å². The molecule has 0 radical (unpaired) electrons. The largest absolute Gasteiger partial charge is 0.506 e. The lowest BCUT2D eigenvalue weighted by Gasteiger charge is -2.27. The predicted octanol–water partition coefficient (Wildman–Crippen LogP) is 3.57. The van der Waals surface area contributed by atoms with E-state index in [2.05, 4.69) is 5.32 Å². The monoisotopic (exact) mass is 311 g/mol. The Morgan fingerprint density at radius 1 is 1.43 bits per heavy atom. The zero-order chi connectivity index (χ0) is 15.2. The molecule has 1 saturated carbocycles. The van der Waals surface area contributed by atoms with Gasteiger partial charge in [0.2, 0.25) is 0 Å². The lowest BCUT2D eigenvalue weighted by molar-refractivity contribution is -0.146. The Balaban J connectivity index is 2.17. The number of phenolic OH excluding ortho intramolecular Hbond substituents is 1. The Labute approximate surface area is 130 Å². The van der Waals surface area contributed by atoms with E-state index in [1.807, 2.05) is 0 Å². The van der Waals surface area contributed by atoms with Gasteiger partial charge in [-0.3, -0.25) is 5.32 Å². The lowest BCUT2D eigenvalue weighted by Crippen LogP contribution is -2.39. The number of hydrogen-bond acceptors (Lipinski definition) is 4. The van der Waals surface area contributed by atoms with Gasteiger partial charge in [-0.1, -0.05) is 36.9 Å². The standard InChI is InChI=1S/C16H22ClNO3/c1-2-21-16(20)15(18-12-6-4-3-5-7-12)11-8-9-14(19)13(17)10-11/h8-10,12,15,18-19H,2-7H2,1H3. The summed E-state index contributed by atoms with van der Waals surface area (Å²) in [7, 11) is 0. The molecular weight excluding hydrogens is 290 g/mol. The maximum atomic E-state index is 12.2. The summed E-state index contributed by atoms with van der Waals surface area (Å²) in [6.45, 7) is 2.13. The summed E-state index contributed by atoms with van der Waals surface area (Å²) in [6.07, 6.45) is 5.77. The first-order chi connectivity index (χ1) is 10.1. The third kappa shape index (κ3) is 4.35. The Morgan fingerprint density at radius 3 is 2.76 bits per heavy atom. The van der Waals surface area contributed by atoms with Crippen LogP contribution >= 0.6 is 11.6 Å². The third-order valence-electron chi connectivity index (χ3n) is 3.83. The number of esters is 1. The molecule has 2 N–H and O–H groups in total. The summed E-state index contributed by atoms with van der Waals surface area (Å²) in [5.74, 6) is -0.287. The van der Waals surface area contributed by atoms with Crippen molar-refractivity contribution in [1.82, 2.24) is 5.32 Å². The molecule has 1 unspecified atom stereocenters. The highest BCUT2D eigenvalue weighted by atomic mass is 35.5. The van der Waals surface area contributed by atoms with Crippen LogP contribution in [0.4, 0.5) is 0 Å². The number of aromatic hydroxyl groups is 1. The molecule has 0 saturated heterocycles. The highest BCUT2D eigenvalue weighted by Crippen LogP contribution is 2.28. The Morgan fingerprint density at radius 2 is 2.14 bits per heavy atom. The van der Waals surface area contributed by atoms with E-state index in [9.17, 15) is 9.90 Å². The summed E-state index contributed by atoms with van der Waals surface area (Å²) in [5, 5.41) is 13.2. The summed E-state index contributed by atoms with van der Waals surface area (Å²) in [4.78, 5) is 12.2. The maximum Gasteiger partial charge on any atom is 0.327 e. The van der Waals surface area contributed by atoms with Crippen LogP contribution in [0, 0.1) is 0 Å². The summed E-state index contributed by atoms with van der Waals surface area (Å²) >= 11 is 5.95. The third-order valence-corrected chi connectivity index (χ3v) is 4.14. The van der Waals surface area contributed by atoms with E-state index in [4.69, 9.17) is 16.3 Å². The number of phenols is 1. The van der Waals surface area contributed by atoms with Crippen LogP contribution in [0.5, 0.6) is 5.75 Å². The van der Waals surface area contributed by atoms with E-state index in [1.54, 1.807) is 19.1 Å². The molecule has 0 spiro atoms. The molecule has 5 heteroatoms. The van der Waals surface area contributed by atoms with Gasteiger partial charge in [-0.2, -0.15) is 0 Å². The number of ether oxygens (including phenoxy) is 1. The number of halogens is 1. The van der Waals surface area contributed by atoms with Crippen LogP contribution in [0.25, 0.3) is 0 Å². The summed E-state index contributed by atoms with van der Waals surface area (Å²) < 4.78 is 5.16. The summed E-state index contributed by atoms with van der Waals surface area (Å²) in [6, 6.07) is 4.62. The van der Waals surface area contributed by atoms with Gasteiger partial charge >= 0.3 is 5.97 Å². The summed E-state index contributed by atoms with van der Waals surface area (Å²) in [5.41, 5.74) is 0.724. The van der Waals surface area contributed by atoms with Crippen molar-refractivity contribution < 1.29 is 14.6 Å². The number of carbonyl (C=O) groups is 1. The lowest BCUT2D eigenvalue weighted by atomic mass is 9.94. The molecule has 0 bridgehead atoms. The molecule has 1 aliphatic rings. The fourth-order valence-corrected chi connectivity index (χ4v) is 2.92. The molecule has 0 heterocycles. The van der Waals surface area contributed by atoms with Crippen LogP contribution in [0.1, 0.15) is 50.6 Å². The normalized spacial score (nSPS) is 17.4. The Hall–Kier alpha value is -1.26. The van der Waals surface area contributed by atoms with Crippen molar-refractivity contribution in [2.45, 2.75) is 51.1 Å². The van der Waals surface area contributed by atoms with Gasteiger partial charge in [-0.05, 0) is 37.5 Å². The topological polar surface area (TPSA) is 58.6 Å². The molecule has 0 aliphatic heterocycles. The molecule has 4 nitrogen and oxygen atoms in total. The minimum atomic E-state index is -0.536. The van der Waals surface area contributed by atoms with E-state index in [0.717, 1.165) is 18.4 Å². The van der Waals surface area contributed by atoms with Crippen LogP contribution in [0.15, 0.2) is 18.2 Å². The van der Waals surface area contributed by atoms with E-state index < -0.39 is 6.04 Å². The van der Waals surface area contributed by atoms with Crippen molar-refractivity contribution in [3.05, 3.63) is 28.8 Å². The Bertz CT molecular complexity index is 486. The highest BCUT2D eigenvalue weighted by Gasteiger charge is 2.26. The smallest absolute Gasteiger partial charge is 0.327 e. The second kappa shape index (κ2) is 7.66. The maximum absolute atomic E-state index is 12.2. The highest BCUT2D eigenvalue weighted by molar-refractivity contribution is 6.32. The fraction of sp³-hybridized carbons (Fsp3) is 0.562. The molecule has 0 aromatic heterocycles. The Kier molecular flexibility index (Phi) is 5.88.